The highest BCUT2D eigenvalue weighted by Crippen LogP contribution is 2.23. The highest BCUT2D eigenvalue weighted by molar-refractivity contribution is 5.81. The number of para-hydroxylation sites is 1. The summed E-state index contributed by atoms with van der Waals surface area (Å²) in [6.45, 7) is 5.70. The first-order chi connectivity index (χ1) is 10.7. The van der Waals surface area contributed by atoms with Crippen LogP contribution in [-0.4, -0.2) is 42.1 Å². The Morgan fingerprint density at radius 2 is 2.09 bits per heavy atom. The van der Waals surface area contributed by atoms with E-state index in [0.717, 1.165) is 30.8 Å². The highest BCUT2D eigenvalue weighted by Gasteiger charge is 2.33. The van der Waals surface area contributed by atoms with Crippen LogP contribution in [0, 0.1) is 6.92 Å². The molecule has 1 N–H and O–H groups in total. The van der Waals surface area contributed by atoms with E-state index in [1.54, 1.807) is 0 Å². The molecule has 2 bridgehead atoms. The van der Waals surface area contributed by atoms with Crippen molar-refractivity contribution in [3.63, 3.8) is 0 Å². The minimum atomic E-state index is -0.377. The maximum Gasteiger partial charge on any atom is 0.263 e. The topological polar surface area (TPSA) is 41.6 Å². The Balaban J connectivity index is 1.67. The number of hydrogen-bond acceptors (Lipinski definition) is 3. The third-order valence-electron chi connectivity index (χ3n) is 4.84. The number of benzene rings is 1. The fourth-order valence-corrected chi connectivity index (χ4v) is 3.50. The van der Waals surface area contributed by atoms with Crippen LogP contribution in [0.25, 0.3) is 0 Å². The van der Waals surface area contributed by atoms with Gasteiger partial charge in [-0.2, -0.15) is 0 Å². The summed E-state index contributed by atoms with van der Waals surface area (Å²) in [5.41, 5.74) is 1.07. The van der Waals surface area contributed by atoms with Crippen LogP contribution >= 0.6 is 0 Å². The minimum Gasteiger partial charge on any atom is -0.480 e. The zero-order chi connectivity index (χ0) is 15.5. The summed E-state index contributed by atoms with van der Waals surface area (Å²) in [6.07, 6.45) is 3.82. The summed E-state index contributed by atoms with van der Waals surface area (Å²) in [4.78, 5) is 14.9. The van der Waals surface area contributed by atoms with Gasteiger partial charge in [0.25, 0.3) is 5.91 Å². The summed E-state index contributed by atoms with van der Waals surface area (Å²) < 4.78 is 6.02. The molecule has 4 heteroatoms. The number of nitrogens with zero attached hydrogens (tertiary/aromatic N) is 1. The van der Waals surface area contributed by atoms with Gasteiger partial charge in [0.05, 0.1) is 0 Å². The van der Waals surface area contributed by atoms with Gasteiger partial charge in [0.15, 0.2) is 6.10 Å². The summed E-state index contributed by atoms with van der Waals surface area (Å²) in [5.74, 6) is 0.956. The Hall–Kier alpha value is -1.55. The van der Waals surface area contributed by atoms with Crippen molar-refractivity contribution >= 4 is 5.91 Å². The van der Waals surface area contributed by atoms with Crippen LogP contribution in [-0.2, 0) is 4.79 Å². The predicted molar refractivity (Wildman–Crippen MR) is 87.0 cm³/mol. The second kappa shape index (κ2) is 6.69. The quantitative estimate of drug-likeness (QED) is 0.929. The van der Waals surface area contributed by atoms with Crippen molar-refractivity contribution in [3.8, 4) is 5.75 Å². The average molecular weight is 302 g/mol. The predicted octanol–water partition coefficient (Wildman–Crippen LogP) is 2.51. The number of hydrogen-bond donors (Lipinski definition) is 1. The lowest BCUT2D eigenvalue weighted by Gasteiger charge is -2.28. The molecule has 0 aromatic heterocycles. The summed E-state index contributed by atoms with van der Waals surface area (Å²) >= 11 is 0. The fourth-order valence-electron chi connectivity index (χ4n) is 3.50. The first-order valence-corrected chi connectivity index (χ1v) is 8.44. The first-order valence-electron chi connectivity index (χ1n) is 8.44. The molecule has 3 unspecified atom stereocenters. The first kappa shape index (κ1) is 15.3. The van der Waals surface area contributed by atoms with E-state index in [1.807, 2.05) is 43.0 Å². The maximum atomic E-state index is 12.8. The molecule has 3 atom stereocenters. The van der Waals surface area contributed by atoms with Crippen LogP contribution in [0.1, 0.15) is 38.2 Å². The lowest BCUT2D eigenvalue weighted by Crippen LogP contribution is -2.45. The van der Waals surface area contributed by atoms with Gasteiger partial charge in [-0.3, -0.25) is 4.79 Å². The van der Waals surface area contributed by atoms with Crippen molar-refractivity contribution in [1.82, 2.24) is 10.2 Å². The van der Waals surface area contributed by atoms with Crippen LogP contribution in [0.15, 0.2) is 24.3 Å². The SMILES string of the molecule is CCC(Oc1ccccc1C)C(=O)N1CCC2CCC(C1)N2. The summed E-state index contributed by atoms with van der Waals surface area (Å²) in [6, 6.07) is 8.96. The van der Waals surface area contributed by atoms with Gasteiger partial charge in [-0.25, -0.2) is 0 Å². The molecule has 1 aromatic rings. The van der Waals surface area contributed by atoms with Gasteiger partial charge in [0.2, 0.25) is 0 Å². The normalized spacial score (nSPS) is 25.6. The van der Waals surface area contributed by atoms with Gasteiger partial charge in [-0.05, 0) is 44.2 Å². The van der Waals surface area contributed by atoms with E-state index in [2.05, 4.69) is 5.32 Å². The van der Waals surface area contributed by atoms with Gasteiger partial charge in [0, 0.05) is 25.2 Å². The van der Waals surface area contributed by atoms with E-state index >= 15 is 0 Å². The van der Waals surface area contributed by atoms with E-state index in [1.165, 1.54) is 12.8 Å². The fraction of sp³-hybridized carbons (Fsp3) is 0.611. The monoisotopic (exact) mass is 302 g/mol. The Kier molecular flexibility index (Phi) is 4.67. The molecule has 0 saturated carbocycles. The largest absolute Gasteiger partial charge is 0.480 e. The van der Waals surface area contributed by atoms with Gasteiger partial charge in [-0.15, -0.1) is 0 Å². The van der Waals surface area contributed by atoms with E-state index in [4.69, 9.17) is 4.74 Å². The van der Waals surface area contributed by atoms with Crippen molar-refractivity contribution in [2.45, 2.75) is 57.7 Å². The van der Waals surface area contributed by atoms with Crippen molar-refractivity contribution in [3.05, 3.63) is 29.8 Å². The van der Waals surface area contributed by atoms with Gasteiger partial charge in [0.1, 0.15) is 5.75 Å². The molecule has 120 valence electrons. The summed E-state index contributed by atoms with van der Waals surface area (Å²) in [5, 5.41) is 3.62. The van der Waals surface area contributed by atoms with E-state index in [-0.39, 0.29) is 12.0 Å². The number of amides is 1. The number of nitrogens with one attached hydrogen (secondary N) is 1. The average Bonchev–Trinajstić information content (AvgIpc) is 2.85. The molecule has 2 saturated heterocycles. The molecule has 2 heterocycles. The number of ether oxygens (including phenoxy) is 1. The molecule has 0 aliphatic carbocycles. The van der Waals surface area contributed by atoms with Crippen molar-refractivity contribution in [2.75, 3.05) is 13.1 Å². The molecule has 0 spiro atoms. The van der Waals surface area contributed by atoms with Crippen molar-refractivity contribution < 1.29 is 9.53 Å². The van der Waals surface area contributed by atoms with Gasteiger partial charge >= 0.3 is 0 Å². The molecule has 4 nitrogen and oxygen atoms in total. The van der Waals surface area contributed by atoms with E-state index in [9.17, 15) is 4.79 Å². The minimum absolute atomic E-state index is 0.139. The molecular formula is C18H26N2O2. The standard InChI is InChI=1S/C18H26N2O2/c1-3-16(22-17-7-5-4-6-13(17)2)18(21)20-11-10-14-8-9-15(12-20)19-14/h4-7,14-16,19H,3,8-12H2,1-2H3. The molecule has 2 aliphatic heterocycles. The second-order valence-corrected chi connectivity index (χ2v) is 6.49. The molecule has 2 fully saturated rings. The lowest BCUT2D eigenvalue weighted by molar-refractivity contribution is -0.139. The van der Waals surface area contributed by atoms with Crippen LogP contribution in [0.5, 0.6) is 5.75 Å². The molecular weight excluding hydrogens is 276 g/mol. The van der Waals surface area contributed by atoms with E-state index < -0.39 is 0 Å². The Morgan fingerprint density at radius 3 is 2.86 bits per heavy atom. The van der Waals surface area contributed by atoms with Crippen LogP contribution in [0.4, 0.5) is 0 Å². The smallest absolute Gasteiger partial charge is 0.263 e. The second-order valence-electron chi connectivity index (χ2n) is 6.49. The lowest BCUT2D eigenvalue weighted by atomic mass is 10.1. The van der Waals surface area contributed by atoms with Crippen LogP contribution in [0.2, 0.25) is 0 Å². The zero-order valence-electron chi connectivity index (χ0n) is 13.5. The number of rotatable bonds is 4. The van der Waals surface area contributed by atoms with Crippen molar-refractivity contribution in [1.29, 1.82) is 0 Å². The number of carbonyl (C=O) groups is 1. The van der Waals surface area contributed by atoms with Crippen LogP contribution < -0.4 is 10.1 Å². The molecule has 3 rings (SSSR count). The number of carbonyl (C=O) groups excluding carboxylic acids is 1. The third kappa shape index (κ3) is 3.27. The van der Waals surface area contributed by atoms with Gasteiger partial charge < -0.3 is 15.0 Å². The molecule has 0 radical (unpaired) electrons. The van der Waals surface area contributed by atoms with Crippen molar-refractivity contribution in [2.24, 2.45) is 0 Å². The zero-order valence-corrected chi connectivity index (χ0v) is 13.5. The Labute approximate surface area is 132 Å². The highest BCUT2D eigenvalue weighted by atomic mass is 16.5. The molecule has 1 amide bonds. The molecule has 2 aliphatic rings. The summed E-state index contributed by atoms with van der Waals surface area (Å²) in [7, 11) is 0. The third-order valence-corrected chi connectivity index (χ3v) is 4.84. The molecule has 1 aromatic carbocycles. The number of aryl methyl sites for hydroxylation is 1. The maximum absolute atomic E-state index is 12.8. The Morgan fingerprint density at radius 1 is 1.32 bits per heavy atom. The van der Waals surface area contributed by atoms with Crippen LogP contribution in [0.3, 0.4) is 0 Å². The number of fused-ring (bicyclic) bond motifs is 2. The number of likely N-dealkylation sites (tertiary alicyclic amines) is 1. The van der Waals surface area contributed by atoms with E-state index in [0.29, 0.717) is 18.5 Å². The Bertz CT molecular complexity index is 532. The van der Waals surface area contributed by atoms with Gasteiger partial charge in [-0.1, -0.05) is 25.1 Å². The molecule has 22 heavy (non-hydrogen) atoms.